The Bertz CT molecular complexity index is 474. The highest BCUT2D eigenvalue weighted by molar-refractivity contribution is 5.73. The maximum atomic E-state index is 11.6. The van der Waals surface area contributed by atoms with Crippen LogP contribution in [-0.2, 0) is 19.4 Å². The Morgan fingerprint density at radius 2 is 2.18 bits per heavy atom. The van der Waals surface area contributed by atoms with E-state index in [2.05, 4.69) is 25.4 Å². The van der Waals surface area contributed by atoms with Gasteiger partial charge in [0, 0.05) is 32.5 Å². The van der Waals surface area contributed by atoms with E-state index in [0.29, 0.717) is 25.9 Å². The predicted molar refractivity (Wildman–Crippen MR) is 83.6 cm³/mol. The molecular weight excluding hydrogens is 282 g/mol. The van der Waals surface area contributed by atoms with Gasteiger partial charge in [-0.25, -0.2) is 4.79 Å². The van der Waals surface area contributed by atoms with Crippen LogP contribution in [0.5, 0.6) is 0 Å². The average molecular weight is 309 g/mol. The maximum Gasteiger partial charge on any atom is 0.314 e. The molecule has 124 valence electrons. The van der Waals surface area contributed by atoms with Crippen LogP contribution in [0.2, 0.25) is 0 Å². The van der Waals surface area contributed by atoms with Gasteiger partial charge in [0.1, 0.15) is 11.6 Å². The van der Waals surface area contributed by atoms with Crippen LogP contribution in [0, 0.1) is 0 Å². The molecule has 0 radical (unpaired) electrons. The standard InChI is InChI=1S/C15H27N5O2/c1-2-6-12(21)11-17-15(22)16-9-8-14-19-18-13-7-4-3-5-10-20(13)14/h12,21H,2-11H2,1H3,(H2,16,17,22). The summed E-state index contributed by atoms with van der Waals surface area (Å²) in [4.78, 5) is 11.6. The normalized spacial score (nSPS) is 15.7. The number of carbonyl (C=O) groups excluding carboxylic acids is 1. The predicted octanol–water partition coefficient (Wildman–Crippen LogP) is 1.01. The van der Waals surface area contributed by atoms with Crippen molar-refractivity contribution in [3.8, 4) is 0 Å². The molecule has 2 amide bonds. The number of nitrogens with one attached hydrogen (secondary N) is 2. The van der Waals surface area contributed by atoms with Crippen LogP contribution in [0.25, 0.3) is 0 Å². The van der Waals surface area contributed by atoms with Crippen LogP contribution in [0.4, 0.5) is 4.79 Å². The highest BCUT2D eigenvalue weighted by Gasteiger charge is 2.14. The molecule has 0 saturated heterocycles. The summed E-state index contributed by atoms with van der Waals surface area (Å²) in [5.74, 6) is 2.02. The van der Waals surface area contributed by atoms with Crippen LogP contribution in [0.15, 0.2) is 0 Å². The SMILES string of the molecule is CCCC(O)CNC(=O)NCCc1nnc2n1CCCCC2. The molecule has 1 unspecified atom stereocenters. The second kappa shape index (κ2) is 8.73. The van der Waals surface area contributed by atoms with E-state index in [1.165, 1.54) is 19.3 Å². The van der Waals surface area contributed by atoms with Crippen LogP contribution >= 0.6 is 0 Å². The summed E-state index contributed by atoms with van der Waals surface area (Å²) < 4.78 is 2.19. The monoisotopic (exact) mass is 309 g/mol. The van der Waals surface area contributed by atoms with E-state index in [1.807, 2.05) is 6.92 Å². The molecule has 0 aromatic carbocycles. The number of aliphatic hydroxyl groups excluding tert-OH is 1. The van der Waals surface area contributed by atoms with Crippen molar-refractivity contribution < 1.29 is 9.90 Å². The van der Waals surface area contributed by atoms with Crippen molar-refractivity contribution in [3.05, 3.63) is 11.6 Å². The van der Waals surface area contributed by atoms with Gasteiger partial charge in [0.05, 0.1) is 6.10 Å². The van der Waals surface area contributed by atoms with E-state index in [-0.39, 0.29) is 6.03 Å². The third-order valence-electron chi connectivity index (χ3n) is 3.94. The minimum absolute atomic E-state index is 0.245. The minimum atomic E-state index is -0.469. The van der Waals surface area contributed by atoms with Crippen molar-refractivity contribution in [3.63, 3.8) is 0 Å². The molecule has 2 heterocycles. The van der Waals surface area contributed by atoms with Gasteiger partial charge in [-0.15, -0.1) is 10.2 Å². The fourth-order valence-corrected chi connectivity index (χ4v) is 2.73. The molecule has 1 aliphatic rings. The number of amides is 2. The largest absolute Gasteiger partial charge is 0.391 e. The van der Waals surface area contributed by atoms with Crippen LogP contribution in [-0.4, -0.2) is 45.1 Å². The molecule has 7 nitrogen and oxygen atoms in total. The van der Waals surface area contributed by atoms with Crippen molar-refractivity contribution in [2.75, 3.05) is 13.1 Å². The smallest absolute Gasteiger partial charge is 0.314 e. The molecule has 1 aromatic heterocycles. The van der Waals surface area contributed by atoms with Gasteiger partial charge in [0.25, 0.3) is 0 Å². The fraction of sp³-hybridized carbons (Fsp3) is 0.800. The number of carbonyl (C=O) groups is 1. The van der Waals surface area contributed by atoms with Crippen molar-refractivity contribution in [1.82, 2.24) is 25.4 Å². The quantitative estimate of drug-likeness (QED) is 0.701. The minimum Gasteiger partial charge on any atom is -0.391 e. The van der Waals surface area contributed by atoms with Gasteiger partial charge < -0.3 is 20.3 Å². The first kappa shape index (κ1) is 16.7. The van der Waals surface area contributed by atoms with Crippen molar-refractivity contribution in [2.45, 2.75) is 64.5 Å². The van der Waals surface area contributed by atoms with E-state index in [4.69, 9.17) is 0 Å². The molecule has 2 rings (SSSR count). The van der Waals surface area contributed by atoms with Gasteiger partial charge in [-0.05, 0) is 19.3 Å². The average Bonchev–Trinajstić information content (AvgIpc) is 2.73. The number of nitrogens with zero attached hydrogens (tertiary/aromatic N) is 3. The van der Waals surface area contributed by atoms with Crippen LogP contribution in [0.1, 0.15) is 50.7 Å². The number of aliphatic hydroxyl groups is 1. The molecule has 3 N–H and O–H groups in total. The topological polar surface area (TPSA) is 92.1 Å². The zero-order chi connectivity index (χ0) is 15.8. The zero-order valence-corrected chi connectivity index (χ0v) is 13.3. The molecule has 0 spiro atoms. The Labute approximate surface area is 131 Å². The highest BCUT2D eigenvalue weighted by atomic mass is 16.3. The zero-order valence-electron chi connectivity index (χ0n) is 13.3. The van der Waals surface area contributed by atoms with Gasteiger partial charge in [-0.3, -0.25) is 0 Å². The number of fused-ring (bicyclic) bond motifs is 1. The number of aryl methyl sites for hydroxylation is 1. The Morgan fingerprint density at radius 3 is 3.00 bits per heavy atom. The Morgan fingerprint density at radius 1 is 1.32 bits per heavy atom. The molecule has 22 heavy (non-hydrogen) atoms. The first-order chi connectivity index (χ1) is 10.7. The van der Waals surface area contributed by atoms with Crippen molar-refractivity contribution >= 4 is 6.03 Å². The van der Waals surface area contributed by atoms with E-state index in [0.717, 1.165) is 31.0 Å². The summed E-state index contributed by atoms with van der Waals surface area (Å²) >= 11 is 0. The van der Waals surface area contributed by atoms with E-state index < -0.39 is 6.10 Å². The summed E-state index contributed by atoms with van der Waals surface area (Å²) in [7, 11) is 0. The summed E-state index contributed by atoms with van der Waals surface area (Å²) in [5, 5.41) is 23.5. The summed E-state index contributed by atoms with van der Waals surface area (Å²) in [6.07, 6.45) is 6.40. The number of urea groups is 1. The maximum absolute atomic E-state index is 11.6. The number of rotatable bonds is 7. The third-order valence-corrected chi connectivity index (χ3v) is 3.94. The lowest BCUT2D eigenvalue weighted by Gasteiger charge is -2.12. The summed E-state index contributed by atoms with van der Waals surface area (Å²) in [5.41, 5.74) is 0. The molecule has 0 fully saturated rings. The van der Waals surface area contributed by atoms with Crippen molar-refractivity contribution in [1.29, 1.82) is 0 Å². The molecule has 0 bridgehead atoms. The number of hydrogen-bond donors (Lipinski definition) is 3. The number of aromatic nitrogens is 3. The second-order valence-corrected chi connectivity index (χ2v) is 5.82. The molecule has 1 aliphatic heterocycles. The Kier molecular flexibility index (Phi) is 6.64. The molecule has 0 aliphatic carbocycles. The lowest BCUT2D eigenvalue weighted by molar-refractivity contribution is 0.160. The van der Waals surface area contributed by atoms with Crippen molar-refractivity contribution in [2.24, 2.45) is 0 Å². The lowest BCUT2D eigenvalue weighted by atomic mass is 10.2. The summed E-state index contributed by atoms with van der Waals surface area (Å²) in [6, 6.07) is -0.245. The van der Waals surface area contributed by atoms with Crippen LogP contribution in [0.3, 0.4) is 0 Å². The lowest BCUT2D eigenvalue weighted by Crippen LogP contribution is -2.40. The molecule has 0 saturated carbocycles. The first-order valence-electron chi connectivity index (χ1n) is 8.31. The van der Waals surface area contributed by atoms with Gasteiger partial charge in [0.2, 0.25) is 0 Å². The van der Waals surface area contributed by atoms with Crippen LogP contribution < -0.4 is 10.6 Å². The second-order valence-electron chi connectivity index (χ2n) is 5.82. The van der Waals surface area contributed by atoms with Gasteiger partial charge in [-0.2, -0.15) is 0 Å². The van der Waals surface area contributed by atoms with E-state index >= 15 is 0 Å². The fourth-order valence-electron chi connectivity index (χ4n) is 2.73. The molecule has 7 heteroatoms. The highest BCUT2D eigenvalue weighted by Crippen LogP contribution is 2.14. The molecule has 1 atom stereocenters. The summed E-state index contributed by atoms with van der Waals surface area (Å²) in [6.45, 7) is 3.80. The first-order valence-corrected chi connectivity index (χ1v) is 8.31. The van der Waals surface area contributed by atoms with Gasteiger partial charge >= 0.3 is 6.03 Å². The molecular formula is C15H27N5O2. The molecule has 1 aromatic rings. The van der Waals surface area contributed by atoms with Gasteiger partial charge in [-0.1, -0.05) is 19.8 Å². The van der Waals surface area contributed by atoms with E-state index in [9.17, 15) is 9.90 Å². The number of hydrogen-bond acceptors (Lipinski definition) is 4. The Balaban J connectivity index is 1.70. The third kappa shape index (κ3) is 4.98. The Hall–Kier alpha value is -1.63. The van der Waals surface area contributed by atoms with Gasteiger partial charge in [0.15, 0.2) is 0 Å². The van der Waals surface area contributed by atoms with E-state index in [1.54, 1.807) is 0 Å².